The van der Waals surface area contributed by atoms with Crippen LogP contribution in [-0.4, -0.2) is 36.8 Å². The summed E-state index contributed by atoms with van der Waals surface area (Å²) in [5, 5.41) is 0.622. The molecule has 0 unspecified atom stereocenters. The van der Waals surface area contributed by atoms with Crippen molar-refractivity contribution < 1.29 is 17.9 Å². The van der Waals surface area contributed by atoms with Crippen LogP contribution in [0.5, 0.6) is 0 Å². The number of aryl methyl sites for hydroxylation is 2. The molecule has 0 aliphatic heterocycles. The number of fused-ring (bicyclic) bond motifs is 2. The van der Waals surface area contributed by atoms with Gasteiger partial charge in [0.05, 0.1) is 28.1 Å². The van der Waals surface area contributed by atoms with Crippen molar-refractivity contribution in [3.63, 3.8) is 0 Å². The summed E-state index contributed by atoms with van der Waals surface area (Å²) in [5.41, 5.74) is 1.84. The fourth-order valence-electron chi connectivity index (χ4n) is 3.81. The fraction of sp³-hybridized carbons (Fsp3) is 0.381. The van der Waals surface area contributed by atoms with Crippen molar-refractivity contribution >= 4 is 55.1 Å². The number of anilines is 1. The predicted octanol–water partition coefficient (Wildman–Crippen LogP) is 3.57. The van der Waals surface area contributed by atoms with Gasteiger partial charge in [-0.2, -0.15) is 0 Å². The van der Waals surface area contributed by atoms with Gasteiger partial charge in [0, 0.05) is 11.9 Å². The smallest absolute Gasteiger partial charge is 0.341 e. The molecule has 0 amide bonds. The largest absolute Gasteiger partial charge is 0.462 e. The highest BCUT2D eigenvalue weighted by Gasteiger charge is 2.29. The lowest BCUT2D eigenvalue weighted by atomic mass is 9.95. The van der Waals surface area contributed by atoms with E-state index in [1.165, 1.54) is 39.8 Å². The summed E-state index contributed by atoms with van der Waals surface area (Å²) in [7, 11) is -2.43. The fourth-order valence-corrected chi connectivity index (χ4v) is 6.92. The second kappa shape index (κ2) is 8.87. The van der Waals surface area contributed by atoms with Crippen molar-refractivity contribution in [3.8, 4) is 0 Å². The molecule has 1 aliphatic carbocycles. The molecule has 2 aromatic heterocycles. The first-order chi connectivity index (χ1) is 15.3. The number of benzene rings is 1. The van der Waals surface area contributed by atoms with Crippen molar-refractivity contribution in [2.24, 2.45) is 7.05 Å². The third kappa shape index (κ3) is 4.04. The van der Waals surface area contributed by atoms with Crippen LogP contribution in [0.15, 0.2) is 32.9 Å². The van der Waals surface area contributed by atoms with Crippen molar-refractivity contribution in [3.05, 3.63) is 44.6 Å². The topological polar surface area (TPSA) is 107 Å². The maximum Gasteiger partial charge on any atom is 0.341 e. The Labute approximate surface area is 194 Å². The first-order valence-electron chi connectivity index (χ1n) is 10.2. The molecule has 1 aliphatic rings. The summed E-state index contributed by atoms with van der Waals surface area (Å²) in [6.45, 7) is 1.93. The first-order valence-corrected chi connectivity index (χ1v) is 13.7. The molecule has 1 aromatic carbocycles. The third-order valence-corrected chi connectivity index (χ3v) is 8.74. The van der Waals surface area contributed by atoms with Gasteiger partial charge in [-0.3, -0.25) is 9.52 Å². The Balaban J connectivity index is 1.78. The van der Waals surface area contributed by atoms with E-state index in [1.807, 2.05) is 0 Å². The number of carbonyl (C=O) groups excluding carboxylic acids is 1. The van der Waals surface area contributed by atoms with E-state index in [-0.39, 0.29) is 22.1 Å². The Morgan fingerprint density at radius 3 is 2.78 bits per heavy atom. The number of rotatable bonds is 6. The van der Waals surface area contributed by atoms with Gasteiger partial charge in [0.2, 0.25) is 0 Å². The van der Waals surface area contributed by atoms with Gasteiger partial charge >= 0.3 is 5.97 Å². The Kier molecular flexibility index (Phi) is 6.33. The van der Waals surface area contributed by atoms with E-state index in [4.69, 9.17) is 4.74 Å². The minimum absolute atomic E-state index is 0.0140. The van der Waals surface area contributed by atoms with Crippen LogP contribution in [0.25, 0.3) is 11.0 Å². The highest BCUT2D eigenvalue weighted by Crippen LogP contribution is 2.39. The lowest BCUT2D eigenvalue weighted by Gasteiger charge is -2.13. The maximum absolute atomic E-state index is 13.2. The average molecular weight is 494 g/mol. The monoisotopic (exact) mass is 493 g/mol. The lowest BCUT2D eigenvalue weighted by Crippen LogP contribution is -2.21. The summed E-state index contributed by atoms with van der Waals surface area (Å²) in [4.78, 5) is 30.4. The number of carbonyl (C=O) groups is 1. The maximum atomic E-state index is 13.2. The minimum Gasteiger partial charge on any atom is -0.462 e. The van der Waals surface area contributed by atoms with Gasteiger partial charge in [-0.05, 0) is 62.6 Å². The van der Waals surface area contributed by atoms with Crippen molar-refractivity contribution in [1.82, 2.24) is 9.55 Å². The van der Waals surface area contributed by atoms with Crippen molar-refractivity contribution in [2.45, 2.75) is 42.5 Å². The number of hydrogen-bond donors (Lipinski definition) is 1. The molecule has 2 heterocycles. The number of nitrogens with one attached hydrogen (secondary N) is 1. The molecule has 0 saturated heterocycles. The molecular formula is C21H23N3O5S3. The van der Waals surface area contributed by atoms with E-state index >= 15 is 0 Å². The number of thioether (sulfide) groups is 1. The standard InChI is InChI=1S/C21H23N3O5S3/c1-4-29-21(26)17-13-7-5-6-8-16(13)31-18(17)23-32(27,28)12-9-10-14-15(11-12)24(2)20(25)19(22-14)30-3/h9-11,23H,4-8H2,1-3H3. The molecular weight excluding hydrogens is 470 g/mol. The third-order valence-electron chi connectivity index (χ3n) is 5.40. The molecule has 0 radical (unpaired) electrons. The van der Waals surface area contributed by atoms with Gasteiger partial charge in [0.1, 0.15) is 5.00 Å². The summed E-state index contributed by atoms with van der Waals surface area (Å²) < 4.78 is 35.7. The molecule has 4 rings (SSSR count). The zero-order valence-corrected chi connectivity index (χ0v) is 20.4. The van der Waals surface area contributed by atoms with Crippen LogP contribution in [0.3, 0.4) is 0 Å². The lowest BCUT2D eigenvalue weighted by molar-refractivity contribution is 0.0526. The Bertz CT molecular complexity index is 1380. The second-order valence-electron chi connectivity index (χ2n) is 7.38. The van der Waals surface area contributed by atoms with Crippen LogP contribution in [0.2, 0.25) is 0 Å². The zero-order valence-electron chi connectivity index (χ0n) is 17.9. The summed E-state index contributed by atoms with van der Waals surface area (Å²) in [5.74, 6) is -0.515. The molecule has 3 aromatic rings. The molecule has 170 valence electrons. The van der Waals surface area contributed by atoms with Gasteiger partial charge in [-0.1, -0.05) is 0 Å². The minimum atomic E-state index is -4.02. The summed E-state index contributed by atoms with van der Waals surface area (Å²) in [6, 6.07) is 4.45. The quantitative estimate of drug-likeness (QED) is 0.413. The first kappa shape index (κ1) is 22.8. The van der Waals surface area contributed by atoms with Crippen LogP contribution in [0, 0.1) is 0 Å². The normalized spacial score (nSPS) is 13.7. The Morgan fingerprint density at radius 1 is 1.31 bits per heavy atom. The van der Waals surface area contributed by atoms with E-state index in [2.05, 4.69) is 9.71 Å². The second-order valence-corrected chi connectivity index (χ2v) is 11.0. The molecule has 11 heteroatoms. The Morgan fingerprint density at radius 2 is 2.06 bits per heavy atom. The van der Waals surface area contributed by atoms with Crippen LogP contribution in [0.1, 0.15) is 40.6 Å². The highest BCUT2D eigenvalue weighted by molar-refractivity contribution is 7.98. The number of aromatic nitrogens is 2. The zero-order chi connectivity index (χ0) is 23.0. The molecule has 0 spiro atoms. The van der Waals surface area contributed by atoms with E-state index in [1.54, 1.807) is 26.3 Å². The van der Waals surface area contributed by atoms with Crippen LogP contribution >= 0.6 is 23.1 Å². The molecule has 8 nitrogen and oxygen atoms in total. The van der Waals surface area contributed by atoms with E-state index in [0.29, 0.717) is 21.6 Å². The number of ether oxygens (including phenoxy) is 1. The van der Waals surface area contributed by atoms with Gasteiger partial charge in [-0.25, -0.2) is 18.2 Å². The van der Waals surface area contributed by atoms with Gasteiger partial charge in [0.15, 0.2) is 5.03 Å². The van der Waals surface area contributed by atoms with Crippen LogP contribution in [0.4, 0.5) is 5.00 Å². The number of sulfonamides is 1. The van der Waals surface area contributed by atoms with E-state index in [9.17, 15) is 18.0 Å². The van der Waals surface area contributed by atoms with Crippen molar-refractivity contribution in [1.29, 1.82) is 0 Å². The van der Waals surface area contributed by atoms with E-state index < -0.39 is 16.0 Å². The molecule has 0 saturated carbocycles. The van der Waals surface area contributed by atoms with Crippen LogP contribution in [-0.2, 0) is 34.6 Å². The number of nitrogens with zero attached hydrogens (tertiary/aromatic N) is 2. The van der Waals surface area contributed by atoms with Crippen molar-refractivity contribution in [2.75, 3.05) is 17.6 Å². The molecule has 0 bridgehead atoms. The number of esters is 1. The van der Waals surface area contributed by atoms with Gasteiger partial charge < -0.3 is 9.30 Å². The van der Waals surface area contributed by atoms with E-state index in [0.717, 1.165) is 36.1 Å². The van der Waals surface area contributed by atoms with Gasteiger partial charge in [0.25, 0.3) is 15.6 Å². The Hall–Kier alpha value is -2.37. The SMILES string of the molecule is CCOC(=O)c1c(NS(=O)(=O)c2ccc3nc(SC)c(=O)n(C)c3c2)sc2c1CCCC2. The number of hydrogen-bond acceptors (Lipinski definition) is 8. The summed E-state index contributed by atoms with van der Waals surface area (Å²) >= 11 is 2.53. The number of thiophene rings is 1. The molecule has 1 N–H and O–H groups in total. The molecule has 0 atom stereocenters. The van der Waals surface area contributed by atoms with Gasteiger partial charge in [-0.15, -0.1) is 23.1 Å². The molecule has 0 fully saturated rings. The molecule has 32 heavy (non-hydrogen) atoms. The highest BCUT2D eigenvalue weighted by atomic mass is 32.2. The predicted molar refractivity (Wildman–Crippen MR) is 126 cm³/mol. The summed E-state index contributed by atoms with van der Waals surface area (Å²) in [6.07, 6.45) is 5.26. The van der Waals surface area contributed by atoms with Crippen LogP contribution < -0.4 is 10.3 Å². The average Bonchev–Trinajstić information content (AvgIpc) is 3.13.